The lowest BCUT2D eigenvalue weighted by Crippen LogP contribution is -2.36. The van der Waals surface area contributed by atoms with Crippen LogP contribution < -0.4 is 19.5 Å². The van der Waals surface area contributed by atoms with E-state index in [1.54, 1.807) is 24.3 Å². The number of nitrogens with one attached hydrogen (secondary N) is 1. The molecule has 0 saturated carbocycles. The van der Waals surface area contributed by atoms with Crippen LogP contribution in [0.25, 0.3) is 11.1 Å². The molecule has 1 amide bonds. The number of hydrogen-bond donors (Lipinski definition) is 1. The Hall–Kier alpha value is -3.43. The molecule has 1 heterocycles. The molecule has 7 nitrogen and oxygen atoms in total. The standard InChI is InChI=1S/C23H24F3NO6/c1-22(2,33-18(28)10-23(24,25)26)12-32-19-15(7-8-17(30-3)20(19)31-4)13-5-6-16-14(9-13)11-27-21(16)29/h5-9H,10-12H2,1-4H3,(H,27,29). The molecule has 2 aromatic carbocycles. The zero-order chi connectivity index (χ0) is 24.4. The van der Waals surface area contributed by atoms with Crippen LogP contribution in [0.15, 0.2) is 30.3 Å². The number of esters is 1. The Kier molecular flexibility index (Phi) is 6.76. The van der Waals surface area contributed by atoms with Gasteiger partial charge in [0.2, 0.25) is 5.75 Å². The van der Waals surface area contributed by atoms with Gasteiger partial charge in [0.15, 0.2) is 11.5 Å². The van der Waals surface area contributed by atoms with Crippen molar-refractivity contribution >= 4 is 11.9 Å². The number of benzene rings is 2. The number of hydrogen-bond acceptors (Lipinski definition) is 6. The first-order valence-electron chi connectivity index (χ1n) is 10.0. The van der Waals surface area contributed by atoms with Crippen LogP contribution in [0.1, 0.15) is 36.2 Å². The summed E-state index contributed by atoms with van der Waals surface area (Å²) < 4.78 is 59.2. The van der Waals surface area contributed by atoms with Gasteiger partial charge in [-0.3, -0.25) is 9.59 Å². The van der Waals surface area contributed by atoms with E-state index in [4.69, 9.17) is 18.9 Å². The van der Waals surface area contributed by atoms with Crippen LogP contribution in [0.5, 0.6) is 17.2 Å². The fourth-order valence-electron chi connectivity index (χ4n) is 3.45. The van der Waals surface area contributed by atoms with Crippen molar-refractivity contribution in [2.75, 3.05) is 20.8 Å². The van der Waals surface area contributed by atoms with Crippen LogP contribution in [-0.2, 0) is 16.1 Å². The van der Waals surface area contributed by atoms with Gasteiger partial charge < -0.3 is 24.3 Å². The quantitative estimate of drug-likeness (QED) is 0.584. The number of ether oxygens (including phenoxy) is 4. The maximum Gasteiger partial charge on any atom is 0.399 e. The summed E-state index contributed by atoms with van der Waals surface area (Å²) in [5.74, 6) is -0.648. The molecule has 10 heteroatoms. The summed E-state index contributed by atoms with van der Waals surface area (Å²) >= 11 is 0. The summed E-state index contributed by atoms with van der Waals surface area (Å²) in [6.45, 7) is 3.03. The van der Waals surface area contributed by atoms with Gasteiger partial charge in [-0.15, -0.1) is 0 Å². The highest BCUT2D eigenvalue weighted by Gasteiger charge is 2.35. The van der Waals surface area contributed by atoms with E-state index in [9.17, 15) is 22.8 Å². The highest BCUT2D eigenvalue weighted by atomic mass is 19.4. The molecule has 0 saturated heterocycles. The zero-order valence-corrected chi connectivity index (χ0v) is 18.6. The second kappa shape index (κ2) is 9.21. The zero-order valence-electron chi connectivity index (χ0n) is 18.6. The fourth-order valence-corrected chi connectivity index (χ4v) is 3.45. The smallest absolute Gasteiger partial charge is 0.399 e. The van der Waals surface area contributed by atoms with E-state index < -0.39 is 24.2 Å². The fraction of sp³-hybridized carbons (Fsp3) is 0.391. The molecule has 2 aromatic rings. The third-order valence-electron chi connectivity index (χ3n) is 4.90. The number of carbonyl (C=O) groups is 2. The molecule has 0 atom stereocenters. The Labute approximate surface area is 188 Å². The second-order valence-electron chi connectivity index (χ2n) is 8.05. The summed E-state index contributed by atoms with van der Waals surface area (Å²) in [6.07, 6.45) is -6.35. The minimum atomic E-state index is -4.67. The minimum absolute atomic E-state index is 0.150. The Balaban J connectivity index is 1.92. The summed E-state index contributed by atoms with van der Waals surface area (Å²) in [7, 11) is 2.88. The van der Waals surface area contributed by atoms with E-state index >= 15 is 0 Å². The maximum absolute atomic E-state index is 12.5. The lowest BCUT2D eigenvalue weighted by atomic mass is 9.99. The predicted molar refractivity (Wildman–Crippen MR) is 112 cm³/mol. The molecule has 0 unspecified atom stereocenters. The van der Waals surface area contributed by atoms with E-state index in [0.717, 1.165) is 11.1 Å². The van der Waals surface area contributed by atoms with Crippen molar-refractivity contribution in [3.05, 3.63) is 41.5 Å². The molecule has 1 aliphatic heterocycles. The van der Waals surface area contributed by atoms with Gasteiger partial charge in [0, 0.05) is 17.7 Å². The molecule has 1 aliphatic rings. The highest BCUT2D eigenvalue weighted by Crippen LogP contribution is 2.45. The SMILES string of the molecule is COc1ccc(-c2ccc3c(c2)CNC3=O)c(OCC(C)(C)OC(=O)CC(F)(F)F)c1OC. The number of alkyl halides is 3. The lowest BCUT2D eigenvalue weighted by Gasteiger charge is -2.27. The Morgan fingerprint density at radius 3 is 2.36 bits per heavy atom. The van der Waals surface area contributed by atoms with Crippen LogP contribution in [0.2, 0.25) is 0 Å². The molecule has 0 spiro atoms. The van der Waals surface area contributed by atoms with Gasteiger partial charge in [-0.1, -0.05) is 6.07 Å². The van der Waals surface area contributed by atoms with Crippen molar-refractivity contribution in [3.63, 3.8) is 0 Å². The molecule has 0 fully saturated rings. The van der Waals surface area contributed by atoms with E-state index in [1.165, 1.54) is 28.1 Å². The topological polar surface area (TPSA) is 83.1 Å². The van der Waals surface area contributed by atoms with Gasteiger partial charge in [-0.2, -0.15) is 13.2 Å². The molecule has 33 heavy (non-hydrogen) atoms. The summed E-state index contributed by atoms with van der Waals surface area (Å²) in [4.78, 5) is 23.5. The van der Waals surface area contributed by atoms with Gasteiger partial charge in [-0.05, 0) is 49.2 Å². The normalized spacial score (nSPS) is 13.2. The molecule has 0 aliphatic carbocycles. The number of halogens is 3. The van der Waals surface area contributed by atoms with Crippen LogP contribution in [0.4, 0.5) is 13.2 Å². The third-order valence-corrected chi connectivity index (χ3v) is 4.90. The van der Waals surface area contributed by atoms with E-state index in [1.807, 2.05) is 6.07 Å². The van der Waals surface area contributed by atoms with Crippen LogP contribution >= 0.6 is 0 Å². The first-order valence-corrected chi connectivity index (χ1v) is 10.0. The van der Waals surface area contributed by atoms with Gasteiger partial charge in [0.05, 0.1) is 14.2 Å². The average molecular weight is 467 g/mol. The Morgan fingerprint density at radius 1 is 1.03 bits per heavy atom. The second-order valence-corrected chi connectivity index (χ2v) is 8.05. The van der Waals surface area contributed by atoms with E-state index in [-0.39, 0.29) is 24.0 Å². The van der Waals surface area contributed by atoms with E-state index in [0.29, 0.717) is 23.4 Å². The maximum atomic E-state index is 12.5. The van der Waals surface area contributed by atoms with Crippen molar-refractivity contribution in [2.45, 2.75) is 38.6 Å². The minimum Gasteiger partial charge on any atom is -0.493 e. The summed E-state index contributed by atoms with van der Waals surface area (Å²) in [5, 5.41) is 2.75. The van der Waals surface area contributed by atoms with Crippen molar-refractivity contribution in [2.24, 2.45) is 0 Å². The molecule has 0 radical (unpaired) electrons. The molecular formula is C23H24F3NO6. The van der Waals surface area contributed by atoms with Crippen LogP contribution in [0, 0.1) is 0 Å². The monoisotopic (exact) mass is 467 g/mol. The number of fused-ring (bicyclic) bond motifs is 1. The van der Waals surface area contributed by atoms with Crippen molar-refractivity contribution in [1.29, 1.82) is 0 Å². The van der Waals surface area contributed by atoms with Crippen molar-refractivity contribution in [3.8, 4) is 28.4 Å². The molecule has 178 valence electrons. The first-order chi connectivity index (χ1) is 15.4. The van der Waals surface area contributed by atoms with Gasteiger partial charge in [-0.25, -0.2) is 0 Å². The average Bonchev–Trinajstić information content (AvgIpc) is 3.09. The van der Waals surface area contributed by atoms with Gasteiger partial charge in [0.25, 0.3) is 5.91 Å². The molecular weight excluding hydrogens is 443 g/mol. The van der Waals surface area contributed by atoms with Crippen LogP contribution in [0.3, 0.4) is 0 Å². The Morgan fingerprint density at radius 2 is 1.73 bits per heavy atom. The van der Waals surface area contributed by atoms with Gasteiger partial charge in [0.1, 0.15) is 18.6 Å². The summed E-state index contributed by atoms with van der Waals surface area (Å²) in [5.41, 5.74) is 1.38. The molecule has 1 N–H and O–H groups in total. The lowest BCUT2D eigenvalue weighted by molar-refractivity contribution is -0.182. The summed E-state index contributed by atoms with van der Waals surface area (Å²) in [6, 6.07) is 8.73. The van der Waals surface area contributed by atoms with Crippen molar-refractivity contribution in [1.82, 2.24) is 5.32 Å². The molecule has 3 rings (SSSR count). The Bertz CT molecular complexity index is 1060. The van der Waals surface area contributed by atoms with Crippen LogP contribution in [-0.4, -0.2) is 44.5 Å². The van der Waals surface area contributed by atoms with E-state index in [2.05, 4.69) is 5.32 Å². The number of carbonyl (C=O) groups excluding carboxylic acids is 2. The third kappa shape index (κ3) is 5.68. The predicted octanol–water partition coefficient (Wildman–Crippen LogP) is 4.27. The molecule has 0 aromatic heterocycles. The number of rotatable bonds is 8. The number of amides is 1. The molecule has 0 bridgehead atoms. The largest absolute Gasteiger partial charge is 0.493 e. The first kappa shape index (κ1) is 24.2. The van der Waals surface area contributed by atoms with Gasteiger partial charge >= 0.3 is 12.1 Å². The highest BCUT2D eigenvalue weighted by molar-refractivity contribution is 5.99. The van der Waals surface area contributed by atoms with Crippen molar-refractivity contribution < 1.29 is 41.7 Å². The number of methoxy groups -OCH3 is 2.